The highest BCUT2D eigenvalue weighted by Gasteiger charge is 2.50. The van der Waals surface area contributed by atoms with Crippen LogP contribution in [0.25, 0.3) is 0 Å². The maximum atomic E-state index is 13.3. The van der Waals surface area contributed by atoms with Gasteiger partial charge in [0.2, 0.25) is 47.3 Å². The molecule has 13 rings (SSSR count). The quantitative estimate of drug-likeness (QED) is 0.0371. The highest BCUT2D eigenvalue weighted by atomic mass is 16.6. The molecule has 110 heavy (non-hydrogen) atoms. The summed E-state index contributed by atoms with van der Waals surface area (Å²) in [6, 6.07) is 39.8. The van der Waals surface area contributed by atoms with Gasteiger partial charge in [-0.2, -0.15) is 0 Å². The van der Waals surface area contributed by atoms with Gasteiger partial charge in [-0.1, -0.05) is 182 Å². The van der Waals surface area contributed by atoms with Gasteiger partial charge in [-0.25, -0.2) is 0 Å². The molecule has 10 unspecified atom stereocenters. The Hall–Kier alpha value is -8.56. The van der Waals surface area contributed by atoms with Crippen molar-refractivity contribution in [2.24, 2.45) is 58.2 Å². The second-order valence-electron chi connectivity index (χ2n) is 32.3. The minimum atomic E-state index is -0.266. The van der Waals surface area contributed by atoms with Gasteiger partial charge in [-0.15, -0.1) is 0 Å². The van der Waals surface area contributed by atoms with Crippen LogP contribution in [-0.2, 0) is 70.4 Å². The van der Waals surface area contributed by atoms with Crippen molar-refractivity contribution in [1.29, 1.82) is 0 Å². The van der Waals surface area contributed by atoms with Crippen molar-refractivity contribution in [3.63, 3.8) is 0 Å². The second-order valence-corrected chi connectivity index (χ2v) is 32.3. The number of nitrogens with zero attached hydrogens (tertiary/aromatic N) is 6. The number of benzene rings is 5. The molecular formula is C90H124N6O14. The molecule has 20 nitrogen and oxygen atoms in total. The van der Waals surface area contributed by atoms with Crippen LogP contribution in [0.1, 0.15) is 198 Å². The van der Waals surface area contributed by atoms with E-state index >= 15 is 0 Å². The van der Waals surface area contributed by atoms with Crippen LogP contribution in [0.3, 0.4) is 0 Å². The molecule has 598 valence electrons. The minimum absolute atomic E-state index is 0.0280. The van der Waals surface area contributed by atoms with E-state index in [0.717, 1.165) is 125 Å². The number of unbranched alkanes of at least 4 members (excludes halogenated alkanes) is 2. The van der Waals surface area contributed by atoms with E-state index in [1.165, 1.54) is 19.6 Å². The molecule has 0 aliphatic carbocycles. The van der Waals surface area contributed by atoms with E-state index in [9.17, 15) is 38.4 Å². The molecular weight excluding hydrogens is 1390 g/mol. The molecule has 5 aromatic carbocycles. The fraction of sp³-hybridized carbons (Fsp3) is 0.556. The summed E-state index contributed by atoms with van der Waals surface area (Å²) in [4.78, 5) is 111. The molecule has 20 heteroatoms. The Bertz CT molecular complexity index is 3880. The van der Waals surface area contributed by atoms with E-state index in [0.29, 0.717) is 99.0 Å². The lowest BCUT2D eigenvalue weighted by Crippen LogP contribution is -2.36. The normalized spacial score (nSPS) is 21.8. The SMILES string of the molecule is C/C=C(\C)N1COc2ccc(N3C(=O)CC(C(C)(C)CC(C)CC)C3=O)cc2C1.CCC(C)CC(C)(C)C1CC(=O)N(c2ccccc2)C1=O.CCCCC(C)C1CC(=O)N(c2ccc3c(c2)CN(c2ccccc2)CO3)C1=O.CCCCC(C)C1CC(=O)N(c2ccccc2)C1=O.COCC1CO1.COCC1CO1. The maximum Gasteiger partial charge on any atom is 0.237 e. The lowest BCUT2D eigenvalue weighted by Gasteiger charge is -2.33. The standard InChI is InChI=1S/C24H28N2O3.C24H34N2O3.C18H25NO2.C16H21NO2.2C4H8O2/c1-3-4-8-17(2)21-14-23(27)26(24(21)28)20-11-12-22-18(13-20)15-25(16-29-22)19-9-6-5-7-10-19;1-7-16(3)13-24(5,6)20-12-22(27)26(23(20)28)19-9-10-21-18(11-19)14-25(15-29-21)17(4)8-2;1-5-13(2)12-18(3,4)15-11-16(20)19(17(15)21)14-9-7-6-8-10-14;1-3-4-8-12(2)14-11-15(18)17(16(14)19)13-9-6-5-7-10-13;2*1-5-2-4-3-6-4/h5-7,9-13,17,21H,3-4,8,14-16H2,1-2H3;8-11,16,20H,7,12-15H2,1-6H3;6-10,13,15H,5,11-12H2,1-4H3;5-7,9-10,12,14H,3-4,8,11H2,1-2H3;2*4H,2-3H2,1H3/b;17-8+;;;;. The lowest BCUT2D eigenvalue weighted by molar-refractivity contribution is -0.125. The number of fused-ring (bicyclic) bond motifs is 2. The summed E-state index contributed by atoms with van der Waals surface area (Å²) in [5, 5.41) is 0. The number of epoxide rings is 2. The highest BCUT2D eigenvalue weighted by Crippen LogP contribution is 2.46. The molecule has 0 radical (unpaired) electrons. The number of carbonyl (C=O) groups excluding carboxylic acids is 8. The molecule has 0 N–H and O–H groups in total. The molecule has 6 fully saturated rings. The van der Waals surface area contributed by atoms with E-state index in [1.807, 2.05) is 134 Å². The first-order valence-corrected chi connectivity index (χ1v) is 40.1. The van der Waals surface area contributed by atoms with Crippen molar-refractivity contribution in [3.05, 3.63) is 150 Å². The topological polar surface area (TPSA) is 218 Å². The molecule has 8 aliphatic heterocycles. The van der Waals surface area contributed by atoms with E-state index in [2.05, 4.69) is 106 Å². The lowest BCUT2D eigenvalue weighted by atomic mass is 9.72. The van der Waals surface area contributed by atoms with Crippen LogP contribution in [-0.4, -0.2) is 118 Å². The van der Waals surface area contributed by atoms with Gasteiger partial charge >= 0.3 is 0 Å². The number of allylic oxidation sites excluding steroid dienone is 2. The summed E-state index contributed by atoms with van der Waals surface area (Å²) < 4.78 is 30.9. The third-order valence-electron chi connectivity index (χ3n) is 22.7. The average molecular weight is 1510 g/mol. The number of imide groups is 4. The number of hydrogen-bond donors (Lipinski definition) is 0. The molecule has 5 aromatic rings. The Morgan fingerprint density at radius 1 is 0.482 bits per heavy atom. The predicted molar refractivity (Wildman–Crippen MR) is 433 cm³/mol. The molecule has 6 saturated heterocycles. The maximum absolute atomic E-state index is 13.3. The van der Waals surface area contributed by atoms with Gasteiger partial charge in [-0.3, -0.25) is 58.0 Å². The summed E-state index contributed by atoms with van der Waals surface area (Å²) in [6.07, 6.45) is 14.7. The fourth-order valence-corrected chi connectivity index (χ4v) is 15.4. The van der Waals surface area contributed by atoms with Crippen molar-refractivity contribution in [1.82, 2.24) is 4.90 Å². The van der Waals surface area contributed by atoms with E-state index in [1.54, 1.807) is 14.2 Å². The largest absolute Gasteiger partial charge is 0.473 e. The Balaban J connectivity index is 0.000000177. The van der Waals surface area contributed by atoms with Crippen molar-refractivity contribution in [2.75, 3.05) is 78.6 Å². The third kappa shape index (κ3) is 23.3. The number of amides is 8. The Kier molecular flexibility index (Phi) is 32.5. The zero-order valence-corrected chi connectivity index (χ0v) is 68.4. The number of hydrogen-bond acceptors (Lipinski definition) is 16. The van der Waals surface area contributed by atoms with Gasteiger partial charge < -0.3 is 38.2 Å². The predicted octanol–water partition coefficient (Wildman–Crippen LogP) is 17.3. The molecule has 0 spiro atoms. The van der Waals surface area contributed by atoms with Crippen molar-refractivity contribution in [2.45, 2.75) is 212 Å². The van der Waals surface area contributed by atoms with Gasteiger partial charge in [0.1, 0.15) is 23.7 Å². The van der Waals surface area contributed by atoms with E-state index in [-0.39, 0.29) is 93.6 Å². The van der Waals surface area contributed by atoms with Crippen LogP contribution in [0.4, 0.5) is 28.4 Å². The second kappa shape index (κ2) is 41.1. The molecule has 8 heterocycles. The van der Waals surface area contributed by atoms with Gasteiger partial charge in [0.15, 0.2) is 13.5 Å². The summed E-state index contributed by atoms with van der Waals surface area (Å²) in [7, 11) is 3.36. The number of methoxy groups -OCH3 is 2. The van der Waals surface area contributed by atoms with Crippen LogP contribution in [0.5, 0.6) is 11.5 Å². The van der Waals surface area contributed by atoms with E-state index < -0.39 is 0 Å². The fourth-order valence-electron chi connectivity index (χ4n) is 15.4. The van der Waals surface area contributed by atoms with Gasteiger partial charge in [0.05, 0.1) is 72.8 Å². The summed E-state index contributed by atoms with van der Waals surface area (Å²) in [5.74, 6) is 1.88. The Labute approximate surface area is 654 Å². The number of anilines is 5. The molecule has 8 aliphatic rings. The van der Waals surface area contributed by atoms with Crippen LogP contribution in [0, 0.1) is 58.2 Å². The summed E-state index contributed by atoms with van der Waals surface area (Å²) >= 11 is 0. The first-order chi connectivity index (χ1) is 52.6. The van der Waals surface area contributed by atoms with Crippen molar-refractivity contribution >= 4 is 75.7 Å². The molecule has 0 saturated carbocycles. The van der Waals surface area contributed by atoms with Crippen molar-refractivity contribution in [3.8, 4) is 11.5 Å². The number of para-hydroxylation sites is 3. The smallest absolute Gasteiger partial charge is 0.237 e. The summed E-state index contributed by atoms with van der Waals surface area (Å²) in [6.45, 7) is 35.4. The first-order valence-electron chi connectivity index (χ1n) is 40.1. The van der Waals surface area contributed by atoms with Crippen LogP contribution < -0.4 is 34.0 Å². The number of ether oxygens (including phenoxy) is 6. The molecule has 0 aromatic heterocycles. The van der Waals surface area contributed by atoms with Gasteiger partial charge in [-0.05, 0) is 147 Å². The first kappa shape index (κ1) is 87.0. The third-order valence-corrected chi connectivity index (χ3v) is 22.7. The molecule has 8 amide bonds. The average Bonchev–Trinajstić information content (AvgIpc) is 1.60. The number of carbonyl (C=O) groups is 8. The van der Waals surface area contributed by atoms with Crippen LogP contribution in [0.2, 0.25) is 0 Å². The van der Waals surface area contributed by atoms with Crippen LogP contribution >= 0.6 is 0 Å². The molecule has 10 atom stereocenters. The van der Waals surface area contributed by atoms with Gasteiger partial charge in [0.25, 0.3) is 0 Å². The Morgan fingerprint density at radius 3 is 1.22 bits per heavy atom. The summed E-state index contributed by atoms with van der Waals surface area (Å²) in [5.41, 5.74) is 6.56. The number of rotatable bonds is 26. The molecule has 0 bridgehead atoms. The minimum Gasteiger partial charge on any atom is -0.473 e. The highest BCUT2D eigenvalue weighted by molar-refractivity contribution is 6.23. The van der Waals surface area contributed by atoms with Crippen LogP contribution in [0.15, 0.2) is 139 Å². The van der Waals surface area contributed by atoms with Crippen molar-refractivity contribution < 1.29 is 66.8 Å². The van der Waals surface area contributed by atoms with E-state index in [4.69, 9.17) is 28.4 Å². The zero-order valence-electron chi connectivity index (χ0n) is 68.4. The van der Waals surface area contributed by atoms with Gasteiger partial charge in [0, 0.05) is 75.5 Å². The zero-order chi connectivity index (χ0) is 80.0. The monoisotopic (exact) mass is 1510 g/mol. The Morgan fingerprint density at radius 2 is 0.845 bits per heavy atom.